The first-order valence-corrected chi connectivity index (χ1v) is 6.74. The van der Waals surface area contributed by atoms with Gasteiger partial charge in [-0.3, -0.25) is 14.3 Å². The Bertz CT molecular complexity index is 494. The highest BCUT2D eigenvalue weighted by Gasteiger charge is 2.30. The molecule has 0 bridgehead atoms. The predicted molar refractivity (Wildman–Crippen MR) is 73.4 cm³/mol. The first-order valence-electron chi connectivity index (χ1n) is 6.74. The Balaban J connectivity index is 1.88. The Kier molecular flexibility index (Phi) is 4.73. The lowest BCUT2D eigenvalue weighted by molar-refractivity contribution is -0.117. The van der Waals surface area contributed by atoms with Crippen molar-refractivity contribution in [1.82, 2.24) is 15.1 Å². The van der Waals surface area contributed by atoms with E-state index in [9.17, 15) is 9.59 Å². The molecule has 0 aliphatic heterocycles. The summed E-state index contributed by atoms with van der Waals surface area (Å²) in [6.07, 6.45) is 2.63. The number of hydrogen-bond donors (Lipinski definition) is 2. The second-order valence-electron chi connectivity index (χ2n) is 4.90. The summed E-state index contributed by atoms with van der Waals surface area (Å²) >= 11 is 0. The standard InChI is InChI=1S/C13H20N4O3/c1-17-11(15-12(18)9-4-5-9)8-10(16-17)13(19)14-6-3-7-20-2/h8-9H,3-7H2,1-2H3,(H,14,19)(H,15,18). The van der Waals surface area contributed by atoms with Gasteiger partial charge in [0, 0.05) is 39.3 Å². The first kappa shape index (κ1) is 14.5. The number of carbonyl (C=O) groups is 2. The van der Waals surface area contributed by atoms with Gasteiger partial charge in [-0.15, -0.1) is 0 Å². The molecule has 0 radical (unpaired) electrons. The summed E-state index contributed by atoms with van der Waals surface area (Å²) in [5.74, 6) is 0.420. The molecule has 0 aromatic carbocycles. The average Bonchev–Trinajstić information content (AvgIpc) is 3.21. The number of amides is 2. The maximum absolute atomic E-state index is 11.9. The fourth-order valence-electron chi connectivity index (χ4n) is 1.78. The molecule has 7 nitrogen and oxygen atoms in total. The minimum Gasteiger partial charge on any atom is -0.385 e. The third-order valence-electron chi connectivity index (χ3n) is 3.12. The van der Waals surface area contributed by atoms with E-state index >= 15 is 0 Å². The van der Waals surface area contributed by atoms with Crippen molar-refractivity contribution in [2.75, 3.05) is 25.6 Å². The number of rotatable bonds is 7. The summed E-state index contributed by atoms with van der Waals surface area (Å²) in [5.41, 5.74) is 0.302. The maximum Gasteiger partial charge on any atom is 0.271 e. The third-order valence-corrected chi connectivity index (χ3v) is 3.12. The van der Waals surface area contributed by atoms with Gasteiger partial charge in [0.05, 0.1) is 0 Å². The van der Waals surface area contributed by atoms with Crippen LogP contribution < -0.4 is 10.6 Å². The minimum absolute atomic E-state index is 0.0000488. The fraction of sp³-hybridized carbons (Fsp3) is 0.615. The number of nitrogens with zero attached hydrogens (tertiary/aromatic N) is 2. The van der Waals surface area contributed by atoms with Crippen molar-refractivity contribution in [3.05, 3.63) is 11.8 Å². The SMILES string of the molecule is COCCCNC(=O)c1cc(NC(=O)C2CC2)n(C)n1. The van der Waals surface area contributed by atoms with Gasteiger partial charge >= 0.3 is 0 Å². The number of methoxy groups -OCH3 is 1. The quantitative estimate of drug-likeness (QED) is 0.714. The van der Waals surface area contributed by atoms with Crippen LogP contribution in [0.2, 0.25) is 0 Å². The van der Waals surface area contributed by atoms with Gasteiger partial charge in [-0.1, -0.05) is 0 Å². The van der Waals surface area contributed by atoms with Crippen molar-refractivity contribution in [3.8, 4) is 0 Å². The Morgan fingerprint density at radius 1 is 1.50 bits per heavy atom. The zero-order valence-electron chi connectivity index (χ0n) is 11.8. The molecule has 110 valence electrons. The molecule has 1 aromatic rings. The topological polar surface area (TPSA) is 85.3 Å². The van der Waals surface area contributed by atoms with Crippen LogP contribution in [0.3, 0.4) is 0 Å². The molecule has 0 saturated heterocycles. The molecule has 0 unspecified atom stereocenters. The largest absolute Gasteiger partial charge is 0.385 e. The van der Waals surface area contributed by atoms with E-state index in [0.29, 0.717) is 24.7 Å². The van der Waals surface area contributed by atoms with Gasteiger partial charge in [0.15, 0.2) is 5.69 Å². The van der Waals surface area contributed by atoms with E-state index in [-0.39, 0.29) is 17.7 Å². The number of hydrogen-bond acceptors (Lipinski definition) is 4. The second kappa shape index (κ2) is 6.51. The normalized spacial score (nSPS) is 14.1. The van der Waals surface area contributed by atoms with Crippen molar-refractivity contribution in [1.29, 1.82) is 0 Å². The first-order chi connectivity index (χ1) is 9.61. The molecule has 2 N–H and O–H groups in total. The van der Waals surface area contributed by atoms with Crippen molar-refractivity contribution in [3.63, 3.8) is 0 Å². The van der Waals surface area contributed by atoms with Crippen LogP contribution in [0.1, 0.15) is 29.8 Å². The lowest BCUT2D eigenvalue weighted by Gasteiger charge is -2.02. The Labute approximate surface area is 117 Å². The molecule has 1 saturated carbocycles. The van der Waals surface area contributed by atoms with Gasteiger partial charge in [0.25, 0.3) is 5.91 Å². The molecule has 1 fully saturated rings. The molecule has 1 heterocycles. The fourth-order valence-corrected chi connectivity index (χ4v) is 1.78. The summed E-state index contributed by atoms with van der Waals surface area (Å²) in [6, 6.07) is 1.59. The van der Waals surface area contributed by atoms with Crippen LogP contribution in [0, 0.1) is 5.92 Å². The van der Waals surface area contributed by atoms with Crippen molar-refractivity contribution >= 4 is 17.6 Å². The molecule has 20 heavy (non-hydrogen) atoms. The molecule has 0 atom stereocenters. The van der Waals surface area contributed by atoms with E-state index < -0.39 is 0 Å². The van der Waals surface area contributed by atoms with Gasteiger partial charge in [0.1, 0.15) is 5.82 Å². The van der Waals surface area contributed by atoms with E-state index in [1.807, 2.05) is 0 Å². The van der Waals surface area contributed by atoms with Crippen molar-refractivity contribution in [2.24, 2.45) is 13.0 Å². The van der Waals surface area contributed by atoms with Crippen LogP contribution in [0.15, 0.2) is 6.07 Å². The minimum atomic E-state index is -0.247. The lowest BCUT2D eigenvalue weighted by atomic mass is 10.3. The number of ether oxygens (including phenoxy) is 1. The summed E-state index contributed by atoms with van der Waals surface area (Å²) in [5, 5.41) is 9.64. The molecule has 2 rings (SSSR count). The second-order valence-corrected chi connectivity index (χ2v) is 4.90. The Morgan fingerprint density at radius 2 is 2.25 bits per heavy atom. The zero-order valence-corrected chi connectivity index (χ0v) is 11.8. The highest BCUT2D eigenvalue weighted by molar-refractivity contribution is 5.96. The van der Waals surface area contributed by atoms with Crippen molar-refractivity contribution < 1.29 is 14.3 Å². The third kappa shape index (κ3) is 3.80. The van der Waals surface area contributed by atoms with E-state index in [0.717, 1.165) is 19.3 Å². The zero-order chi connectivity index (χ0) is 14.5. The molecule has 1 aliphatic rings. The van der Waals surface area contributed by atoms with Crippen LogP contribution in [-0.2, 0) is 16.6 Å². The summed E-state index contributed by atoms with van der Waals surface area (Å²) in [4.78, 5) is 23.5. The summed E-state index contributed by atoms with van der Waals surface area (Å²) < 4.78 is 6.41. The van der Waals surface area contributed by atoms with Crippen LogP contribution in [-0.4, -0.2) is 41.9 Å². The molecule has 2 amide bonds. The number of aromatic nitrogens is 2. The van der Waals surface area contributed by atoms with E-state index in [4.69, 9.17) is 4.74 Å². The van der Waals surface area contributed by atoms with Gasteiger partial charge in [-0.05, 0) is 19.3 Å². The Hall–Kier alpha value is -1.89. The Morgan fingerprint density at radius 3 is 2.90 bits per heavy atom. The highest BCUT2D eigenvalue weighted by Crippen LogP contribution is 2.30. The van der Waals surface area contributed by atoms with Crippen molar-refractivity contribution in [2.45, 2.75) is 19.3 Å². The van der Waals surface area contributed by atoms with E-state index in [1.54, 1.807) is 20.2 Å². The highest BCUT2D eigenvalue weighted by atomic mass is 16.5. The van der Waals surface area contributed by atoms with Crippen LogP contribution in [0.5, 0.6) is 0 Å². The molecular weight excluding hydrogens is 260 g/mol. The number of carbonyl (C=O) groups excluding carboxylic acids is 2. The number of nitrogens with one attached hydrogen (secondary N) is 2. The smallest absolute Gasteiger partial charge is 0.271 e. The van der Waals surface area contributed by atoms with Gasteiger partial charge in [0.2, 0.25) is 5.91 Å². The van der Waals surface area contributed by atoms with Gasteiger partial charge in [-0.2, -0.15) is 5.10 Å². The summed E-state index contributed by atoms with van der Waals surface area (Å²) in [6.45, 7) is 1.14. The lowest BCUT2D eigenvalue weighted by Crippen LogP contribution is -2.25. The van der Waals surface area contributed by atoms with Crippen LogP contribution in [0.25, 0.3) is 0 Å². The van der Waals surface area contributed by atoms with E-state index in [2.05, 4.69) is 15.7 Å². The number of anilines is 1. The number of aryl methyl sites for hydroxylation is 1. The molecule has 1 aromatic heterocycles. The molecule has 1 aliphatic carbocycles. The van der Waals surface area contributed by atoms with Crippen LogP contribution >= 0.6 is 0 Å². The van der Waals surface area contributed by atoms with E-state index in [1.165, 1.54) is 4.68 Å². The average molecular weight is 280 g/mol. The summed E-state index contributed by atoms with van der Waals surface area (Å²) in [7, 11) is 3.32. The van der Waals surface area contributed by atoms with Gasteiger partial charge < -0.3 is 15.4 Å². The maximum atomic E-state index is 11.9. The molecule has 7 heteroatoms. The molecular formula is C13H20N4O3. The van der Waals surface area contributed by atoms with Gasteiger partial charge in [-0.25, -0.2) is 0 Å². The predicted octanol–water partition coefficient (Wildman–Crippen LogP) is 0.535. The monoisotopic (exact) mass is 280 g/mol. The van der Waals surface area contributed by atoms with Crippen LogP contribution in [0.4, 0.5) is 5.82 Å². The molecule has 0 spiro atoms.